The van der Waals surface area contributed by atoms with Gasteiger partial charge in [0.2, 0.25) is 5.91 Å². The van der Waals surface area contributed by atoms with Gasteiger partial charge in [-0.1, -0.05) is 11.6 Å². The Morgan fingerprint density at radius 3 is 2.68 bits per heavy atom. The third-order valence-corrected chi connectivity index (χ3v) is 8.03. The number of thioether (sulfide) groups is 1. The Kier molecular flexibility index (Phi) is 5.86. The van der Waals surface area contributed by atoms with Gasteiger partial charge in [-0.05, 0) is 39.5 Å². The van der Waals surface area contributed by atoms with Crippen LogP contribution in [0.1, 0.15) is 51.6 Å². The number of nitrogens with one attached hydrogen (secondary N) is 1. The SMILES string of the molecule is CC1(C)S[C@@H]2[C@@H](NC(=O)/C(=N\OC3CCCCC3)c3csc(N)n3)C(=O)N2[C@H]1C(=O)O. The molecule has 4 rings (SSSR count). The standard InChI is InChI=1S/C19H25N5O5S2/c1-19(2)13(17(27)28)24-15(26)12(16(24)31-19)22-14(25)11(10-8-30-18(20)21-10)23-29-9-6-4-3-5-7-9/h8-9,12-13,16H,3-7H2,1-2H3,(H2,20,21)(H,22,25)(H,27,28)/b23-11-/t12-,13-,16+/m0/s1. The normalized spacial score (nSPS) is 28.1. The molecular weight excluding hydrogens is 442 g/mol. The van der Waals surface area contributed by atoms with Crippen LogP contribution in [0.4, 0.5) is 5.13 Å². The van der Waals surface area contributed by atoms with Crippen LogP contribution < -0.4 is 11.1 Å². The van der Waals surface area contributed by atoms with Crippen molar-refractivity contribution < 1.29 is 24.3 Å². The molecule has 3 atom stereocenters. The molecule has 4 N–H and O–H groups in total. The van der Waals surface area contributed by atoms with Crippen molar-refractivity contribution >= 4 is 51.7 Å². The fourth-order valence-corrected chi connectivity index (χ4v) is 6.43. The monoisotopic (exact) mass is 467 g/mol. The number of β-lactam (4-membered cyclic amide) rings is 1. The minimum absolute atomic E-state index is 0.0400. The van der Waals surface area contributed by atoms with Gasteiger partial charge in [-0.3, -0.25) is 9.59 Å². The van der Waals surface area contributed by atoms with Crippen molar-refractivity contribution in [2.45, 2.75) is 74.3 Å². The third kappa shape index (κ3) is 4.10. The van der Waals surface area contributed by atoms with Crippen molar-refractivity contribution in [1.29, 1.82) is 0 Å². The summed E-state index contributed by atoms with van der Waals surface area (Å²) in [7, 11) is 0. The summed E-state index contributed by atoms with van der Waals surface area (Å²) in [4.78, 5) is 48.5. The average Bonchev–Trinajstić information content (AvgIpc) is 3.25. The highest BCUT2D eigenvalue weighted by molar-refractivity contribution is 8.01. The van der Waals surface area contributed by atoms with Gasteiger partial charge in [0, 0.05) is 10.1 Å². The molecule has 0 radical (unpaired) electrons. The summed E-state index contributed by atoms with van der Waals surface area (Å²) >= 11 is 2.54. The molecule has 0 aromatic carbocycles. The molecule has 31 heavy (non-hydrogen) atoms. The average molecular weight is 468 g/mol. The van der Waals surface area contributed by atoms with Crippen LogP contribution >= 0.6 is 23.1 Å². The minimum atomic E-state index is -1.06. The van der Waals surface area contributed by atoms with Crippen LogP contribution in [0.25, 0.3) is 0 Å². The van der Waals surface area contributed by atoms with Crippen LogP contribution in [0.15, 0.2) is 10.5 Å². The predicted molar refractivity (Wildman–Crippen MR) is 117 cm³/mol. The maximum atomic E-state index is 13.0. The maximum Gasteiger partial charge on any atom is 0.327 e. The Morgan fingerprint density at radius 1 is 1.35 bits per heavy atom. The predicted octanol–water partition coefficient (Wildman–Crippen LogP) is 1.41. The zero-order valence-corrected chi connectivity index (χ0v) is 18.9. The summed E-state index contributed by atoms with van der Waals surface area (Å²) in [5.74, 6) is -2.08. The smallest absolute Gasteiger partial charge is 0.327 e. The Balaban J connectivity index is 1.50. The number of rotatable bonds is 6. The van der Waals surface area contributed by atoms with Gasteiger partial charge in [0.25, 0.3) is 5.91 Å². The van der Waals surface area contributed by atoms with E-state index in [1.165, 1.54) is 28.0 Å². The molecule has 12 heteroatoms. The highest BCUT2D eigenvalue weighted by Gasteiger charge is 2.64. The molecule has 2 amide bonds. The van der Waals surface area contributed by atoms with E-state index in [2.05, 4.69) is 15.5 Å². The van der Waals surface area contributed by atoms with Crippen LogP contribution in [0, 0.1) is 0 Å². The summed E-state index contributed by atoms with van der Waals surface area (Å²) in [5.41, 5.74) is 5.96. The zero-order chi connectivity index (χ0) is 22.3. The van der Waals surface area contributed by atoms with Crippen molar-refractivity contribution in [1.82, 2.24) is 15.2 Å². The van der Waals surface area contributed by atoms with Gasteiger partial charge in [-0.25, -0.2) is 9.78 Å². The molecule has 3 fully saturated rings. The van der Waals surface area contributed by atoms with Gasteiger partial charge in [0.05, 0.1) is 0 Å². The lowest BCUT2D eigenvalue weighted by Gasteiger charge is -2.43. The van der Waals surface area contributed by atoms with Crippen LogP contribution in [0.3, 0.4) is 0 Å². The summed E-state index contributed by atoms with van der Waals surface area (Å²) in [6, 6.07) is -1.78. The first-order valence-corrected chi connectivity index (χ1v) is 11.9. The molecule has 0 bridgehead atoms. The van der Waals surface area contributed by atoms with Gasteiger partial charge in [-0.2, -0.15) is 0 Å². The largest absolute Gasteiger partial charge is 0.480 e. The van der Waals surface area contributed by atoms with Gasteiger partial charge in [0.15, 0.2) is 10.8 Å². The molecule has 3 aliphatic rings. The molecule has 0 unspecified atom stereocenters. The highest BCUT2D eigenvalue weighted by Crippen LogP contribution is 2.50. The number of fused-ring (bicyclic) bond motifs is 1. The third-order valence-electron chi connectivity index (χ3n) is 5.79. The Morgan fingerprint density at radius 2 is 2.06 bits per heavy atom. The van der Waals surface area contributed by atoms with Crippen LogP contribution in [-0.2, 0) is 19.2 Å². The van der Waals surface area contributed by atoms with Gasteiger partial charge < -0.3 is 25.9 Å². The highest BCUT2D eigenvalue weighted by atomic mass is 32.2. The second-order valence-electron chi connectivity index (χ2n) is 8.43. The number of nitrogens with zero attached hydrogens (tertiary/aromatic N) is 3. The van der Waals surface area contributed by atoms with Gasteiger partial charge >= 0.3 is 5.97 Å². The number of nitrogen functional groups attached to an aromatic ring is 1. The van der Waals surface area contributed by atoms with E-state index < -0.39 is 40.0 Å². The quantitative estimate of drug-likeness (QED) is 0.323. The molecule has 0 spiro atoms. The van der Waals surface area contributed by atoms with Crippen LogP contribution in [0.5, 0.6) is 0 Å². The van der Waals surface area contributed by atoms with Crippen molar-refractivity contribution in [2.75, 3.05) is 5.73 Å². The molecule has 10 nitrogen and oxygen atoms in total. The second kappa shape index (κ2) is 8.30. The number of carboxylic acid groups (broad SMARTS) is 1. The van der Waals surface area contributed by atoms with E-state index in [1.54, 1.807) is 19.2 Å². The van der Waals surface area contributed by atoms with E-state index in [9.17, 15) is 19.5 Å². The molecule has 1 saturated carbocycles. The molecule has 168 valence electrons. The lowest BCUT2D eigenvalue weighted by atomic mass is 9.96. The fourth-order valence-electron chi connectivity index (χ4n) is 4.25. The lowest BCUT2D eigenvalue weighted by Crippen LogP contribution is -2.71. The number of carboxylic acids is 1. The maximum absolute atomic E-state index is 13.0. The Bertz CT molecular complexity index is 927. The van der Waals surface area contributed by atoms with E-state index in [0.717, 1.165) is 32.1 Å². The second-order valence-corrected chi connectivity index (χ2v) is 11.1. The molecule has 1 aliphatic carbocycles. The fraction of sp³-hybridized carbons (Fsp3) is 0.632. The molecule has 2 aliphatic heterocycles. The van der Waals surface area contributed by atoms with Crippen molar-refractivity contribution in [2.24, 2.45) is 5.16 Å². The molecule has 1 aromatic heterocycles. The number of amides is 2. The summed E-state index contributed by atoms with van der Waals surface area (Å²) in [5, 5.41) is 17.8. The first-order valence-electron chi connectivity index (χ1n) is 10.2. The molecule has 1 aromatic rings. The van der Waals surface area contributed by atoms with E-state index >= 15 is 0 Å². The number of anilines is 1. The van der Waals surface area contributed by atoms with Crippen LogP contribution in [0.2, 0.25) is 0 Å². The lowest BCUT2D eigenvalue weighted by molar-refractivity contribution is -0.160. The molecular formula is C19H25N5O5S2. The van der Waals surface area contributed by atoms with Crippen LogP contribution in [-0.4, -0.2) is 66.8 Å². The van der Waals surface area contributed by atoms with Crippen molar-refractivity contribution in [3.05, 3.63) is 11.1 Å². The van der Waals surface area contributed by atoms with E-state index in [-0.39, 0.29) is 22.6 Å². The molecule has 3 heterocycles. The molecule has 2 saturated heterocycles. The first-order chi connectivity index (χ1) is 14.7. The Hall–Kier alpha value is -2.34. The van der Waals surface area contributed by atoms with Crippen molar-refractivity contribution in [3.63, 3.8) is 0 Å². The minimum Gasteiger partial charge on any atom is -0.480 e. The number of carbonyl (C=O) groups excluding carboxylic acids is 2. The Labute approximate surface area is 187 Å². The number of aliphatic carboxylic acids is 1. The first kappa shape index (κ1) is 21.9. The summed E-state index contributed by atoms with van der Waals surface area (Å²) in [6.45, 7) is 3.56. The number of carbonyl (C=O) groups is 3. The topological polar surface area (TPSA) is 147 Å². The number of hydrogen-bond donors (Lipinski definition) is 3. The van der Waals surface area contributed by atoms with E-state index in [1.807, 2.05) is 0 Å². The van der Waals surface area contributed by atoms with E-state index in [4.69, 9.17) is 10.6 Å². The van der Waals surface area contributed by atoms with E-state index in [0.29, 0.717) is 0 Å². The number of nitrogens with two attached hydrogens (primary N) is 1. The zero-order valence-electron chi connectivity index (χ0n) is 17.2. The number of oxime groups is 1. The number of thiazole rings is 1. The van der Waals surface area contributed by atoms with Gasteiger partial charge in [-0.15, -0.1) is 23.1 Å². The van der Waals surface area contributed by atoms with Crippen molar-refractivity contribution in [3.8, 4) is 0 Å². The number of aromatic nitrogens is 1. The summed E-state index contributed by atoms with van der Waals surface area (Å²) in [6.07, 6.45) is 4.95. The van der Waals surface area contributed by atoms with Gasteiger partial charge in [0.1, 0.15) is 29.3 Å². The number of hydrogen-bond acceptors (Lipinski definition) is 9. The summed E-state index contributed by atoms with van der Waals surface area (Å²) < 4.78 is -0.671.